The Bertz CT molecular complexity index is 671. The number of fused-ring (bicyclic) bond motifs is 1. The molecule has 0 radical (unpaired) electrons. The van der Waals surface area contributed by atoms with Crippen LogP contribution in [-0.2, 0) is 4.79 Å². The highest BCUT2D eigenvalue weighted by Gasteiger charge is 2.29. The molecule has 0 bridgehead atoms. The molecular formula is C19H21NO3. The zero-order chi connectivity index (χ0) is 16.2. The molecule has 0 saturated carbocycles. The minimum atomic E-state index is -0.782. The van der Waals surface area contributed by atoms with Gasteiger partial charge in [0.2, 0.25) is 5.91 Å². The molecule has 3 unspecified atom stereocenters. The standard InChI is InChI=1S/C19H21NO3/c1-13(16-12-23-18-10-6-5-9-15(16)18)20-19(22)11-17(21)14-7-3-2-4-8-14/h2-10,13,16-17,21H,11-12H2,1H3,(H,20,22). The fourth-order valence-electron chi connectivity index (χ4n) is 2.98. The van der Waals surface area contributed by atoms with Crippen LogP contribution >= 0.6 is 0 Å². The lowest BCUT2D eigenvalue weighted by atomic mass is 9.94. The van der Waals surface area contributed by atoms with Crippen LogP contribution in [0.4, 0.5) is 0 Å². The molecule has 1 heterocycles. The summed E-state index contributed by atoms with van der Waals surface area (Å²) in [7, 11) is 0. The molecule has 23 heavy (non-hydrogen) atoms. The summed E-state index contributed by atoms with van der Waals surface area (Å²) in [6.45, 7) is 2.55. The van der Waals surface area contributed by atoms with Crippen molar-refractivity contribution >= 4 is 5.91 Å². The maximum Gasteiger partial charge on any atom is 0.223 e. The predicted octanol–water partition coefficient (Wildman–Crippen LogP) is 2.79. The molecule has 1 amide bonds. The number of carbonyl (C=O) groups is 1. The predicted molar refractivity (Wildman–Crippen MR) is 88.3 cm³/mol. The molecule has 3 atom stereocenters. The SMILES string of the molecule is CC(NC(=O)CC(O)c1ccccc1)C1COc2ccccc21. The lowest BCUT2D eigenvalue weighted by molar-refractivity contribution is -0.123. The van der Waals surface area contributed by atoms with Crippen LogP contribution in [0.1, 0.15) is 36.5 Å². The second-order valence-corrected chi connectivity index (χ2v) is 5.94. The fraction of sp³-hybridized carbons (Fsp3) is 0.316. The third kappa shape index (κ3) is 3.54. The molecule has 0 fully saturated rings. The van der Waals surface area contributed by atoms with Gasteiger partial charge in [-0.2, -0.15) is 0 Å². The number of hydrogen-bond acceptors (Lipinski definition) is 3. The monoisotopic (exact) mass is 311 g/mol. The molecule has 0 aliphatic carbocycles. The van der Waals surface area contributed by atoms with Crippen LogP contribution in [0.3, 0.4) is 0 Å². The fourth-order valence-corrected chi connectivity index (χ4v) is 2.98. The lowest BCUT2D eigenvalue weighted by Crippen LogP contribution is -2.38. The van der Waals surface area contributed by atoms with Crippen molar-refractivity contribution in [3.63, 3.8) is 0 Å². The van der Waals surface area contributed by atoms with Crippen molar-refractivity contribution in [3.05, 3.63) is 65.7 Å². The van der Waals surface area contributed by atoms with Crippen molar-refractivity contribution in [2.45, 2.75) is 31.4 Å². The van der Waals surface area contributed by atoms with Crippen molar-refractivity contribution in [1.29, 1.82) is 0 Å². The summed E-state index contributed by atoms with van der Waals surface area (Å²) < 4.78 is 5.66. The first-order chi connectivity index (χ1) is 11.1. The number of hydrogen-bond donors (Lipinski definition) is 2. The third-order valence-electron chi connectivity index (χ3n) is 4.29. The van der Waals surface area contributed by atoms with Crippen LogP contribution in [0.2, 0.25) is 0 Å². The normalized spacial score (nSPS) is 18.6. The minimum absolute atomic E-state index is 0.0471. The van der Waals surface area contributed by atoms with Gasteiger partial charge < -0.3 is 15.2 Å². The summed E-state index contributed by atoms with van der Waals surface area (Å²) in [5.41, 5.74) is 1.88. The van der Waals surface area contributed by atoms with Crippen LogP contribution in [0, 0.1) is 0 Å². The second kappa shape index (κ2) is 6.84. The van der Waals surface area contributed by atoms with Gasteiger partial charge in [0.05, 0.1) is 19.1 Å². The first-order valence-corrected chi connectivity index (χ1v) is 7.89. The van der Waals surface area contributed by atoms with Gasteiger partial charge >= 0.3 is 0 Å². The molecule has 4 heteroatoms. The molecule has 0 spiro atoms. The van der Waals surface area contributed by atoms with E-state index < -0.39 is 6.10 Å². The van der Waals surface area contributed by atoms with Gasteiger partial charge in [-0.05, 0) is 18.6 Å². The van der Waals surface area contributed by atoms with Crippen LogP contribution in [0.15, 0.2) is 54.6 Å². The number of carbonyl (C=O) groups excluding carboxylic acids is 1. The van der Waals surface area contributed by atoms with E-state index in [0.717, 1.165) is 16.9 Å². The molecule has 120 valence electrons. The van der Waals surface area contributed by atoms with E-state index in [2.05, 4.69) is 5.32 Å². The summed E-state index contributed by atoms with van der Waals surface area (Å²) in [5, 5.41) is 13.1. The number of amides is 1. The Hall–Kier alpha value is -2.33. The summed E-state index contributed by atoms with van der Waals surface area (Å²) in [6.07, 6.45) is -0.723. The number of ether oxygens (including phenoxy) is 1. The molecule has 1 aliphatic heterocycles. The quantitative estimate of drug-likeness (QED) is 0.892. The van der Waals surface area contributed by atoms with Crippen molar-refractivity contribution in [2.75, 3.05) is 6.61 Å². The summed E-state index contributed by atoms with van der Waals surface area (Å²) in [6, 6.07) is 17.1. The average molecular weight is 311 g/mol. The number of para-hydroxylation sites is 1. The van der Waals surface area contributed by atoms with E-state index in [0.29, 0.717) is 6.61 Å². The van der Waals surface area contributed by atoms with E-state index >= 15 is 0 Å². The zero-order valence-electron chi connectivity index (χ0n) is 13.1. The Balaban J connectivity index is 1.58. The number of nitrogens with one attached hydrogen (secondary N) is 1. The van der Waals surface area contributed by atoms with Crippen LogP contribution in [0.5, 0.6) is 5.75 Å². The Morgan fingerprint density at radius 2 is 1.91 bits per heavy atom. The van der Waals surface area contributed by atoms with Gasteiger partial charge in [-0.15, -0.1) is 0 Å². The van der Waals surface area contributed by atoms with Gasteiger partial charge in [0.25, 0.3) is 0 Å². The van der Waals surface area contributed by atoms with E-state index in [1.54, 1.807) is 0 Å². The largest absolute Gasteiger partial charge is 0.493 e. The van der Waals surface area contributed by atoms with Gasteiger partial charge in [-0.3, -0.25) is 4.79 Å². The molecule has 0 aromatic heterocycles. The molecule has 2 N–H and O–H groups in total. The maximum atomic E-state index is 12.2. The zero-order valence-corrected chi connectivity index (χ0v) is 13.1. The van der Waals surface area contributed by atoms with Gasteiger partial charge in [-0.25, -0.2) is 0 Å². The van der Waals surface area contributed by atoms with Gasteiger partial charge in [0, 0.05) is 17.5 Å². The van der Waals surface area contributed by atoms with Gasteiger partial charge in [0.1, 0.15) is 5.75 Å². The Morgan fingerprint density at radius 1 is 1.22 bits per heavy atom. The lowest BCUT2D eigenvalue weighted by Gasteiger charge is -2.21. The smallest absolute Gasteiger partial charge is 0.223 e. The van der Waals surface area contributed by atoms with Crippen molar-refractivity contribution in [3.8, 4) is 5.75 Å². The van der Waals surface area contributed by atoms with E-state index in [-0.39, 0.29) is 24.3 Å². The first-order valence-electron chi connectivity index (χ1n) is 7.89. The van der Waals surface area contributed by atoms with E-state index in [4.69, 9.17) is 4.74 Å². The molecule has 2 aromatic carbocycles. The van der Waals surface area contributed by atoms with Gasteiger partial charge in [0.15, 0.2) is 0 Å². The van der Waals surface area contributed by atoms with E-state index in [1.165, 1.54) is 0 Å². The maximum absolute atomic E-state index is 12.2. The molecule has 3 rings (SSSR count). The highest BCUT2D eigenvalue weighted by atomic mass is 16.5. The van der Waals surface area contributed by atoms with Crippen LogP contribution in [-0.4, -0.2) is 23.7 Å². The third-order valence-corrected chi connectivity index (χ3v) is 4.29. The highest BCUT2D eigenvalue weighted by molar-refractivity contribution is 5.77. The van der Waals surface area contributed by atoms with E-state index in [9.17, 15) is 9.90 Å². The number of benzene rings is 2. The summed E-state index contributed by atoms with van der Waals surface area (Å²) >= 11 is 0. The Morgan fingerprint density at radius 3 is 2.70 bits per heavy atom. The van der Waals surface area contributed by atoms with Gasteiger partial charge in [-0.1, -0.05) is 48.5 Å². The molecular weight excluding hydrogens is 290 g/mol. The van der Waals surface area contributed by atoms with Crippen molar-refractivity contribution in [1.82, 2.24) is 5.32 Å². The van der Waals surface area contributed by atoms with Crippen molar-refractivity contribution < 1.29 is 14.6 Å². The summed E-state index contributed by atoms with van der Waals surface area (Å²) in [5.74, 6) is 0.880. The van der Waals surface area contributed by atoms with Crippen LogP contribution < -0.4 is 10.1 Å². The van der Waals surface area contributed by atoms with E-state index in [1.807, 2.05) is 61.5 Å². The first kappa shape index (κ1) is 15.6. The molecule has 4 nitrogen and oxygen atoms in total. The molecule has 2 aromatic rings. The number of aliphatic hydroxyl groups excluding tert-OH is 1. The minimum Gasteiger partial charge on any atom is -0.493 e. The average Bonchev–Trinajstić information content (AvgIpc) is 2.99. The van der Waals surface area contributed by atoms with Crippen LogP contribution in [0.25, 0.3) is 0 Å². The second-order valence-electron chi connectivity index (χ2n) is 5.94. The Kier molecular flexibility index (Phi) is 4.63. The molecule has 0 saturated heterocycles. The van der Waals surface area contributed by atoms with Crippen molar-refractivity contribution in [2.24, 2.45) is 0 Å². The number of rotatable bonds is 5. The molecule has 1 aliphatic rings. The Labute approximate surface area is 136 Å². The number of aliphatic hydroxyl groups is 1. The highest BCUT2D eigenvalue weighted by Crippen LogP contribution is 2.35. The topological polar surface area (TPSA) is 58.6 Å². The summed E-state index contributed by atoms with van der Waals surface area (Å²) in [4.78, 5) is 12.2.